The molecule has 1 saturated heterocycles. The number of carbonyl (C=O) groups is 2. The summed E-state index contributed by atoms with van der Waals surface area (Å²) in [5.74, 6) is -0.139. The summed E-state index contributed by atoms with van der Waals surface area (Å²) in [4.78, 5) is 28.3. The molecule has 114 valence electrons. The van der Waals surface area contributed by atoms with Crippen LogP contribution in [0.2, 0.25) is 0 Å². The Morgan fingerprint density at radius 2 is 1.81 bits per heavy atom. The molecule has 0 radical (unpaired) electrons. The number of hydrogen-bond acceptors (Lipinski definition) is 2. The Bertz CT molecular complexity index is 520. The predicted molar refractivity (Wildman–Crippen MR) is 82.7 cm³/mol. The summed E-state index contributed by atoms with van der Waals surface area (Å²) >= 11 is 0. The number of amides is 2. The molecule has 2 atom stereocenters. The van der Waals surface area contributed by atoms with Gasteiger partial charge < -0.3 is 9.80 Å². The lowest BCUT2D eigenvalue weighted by atomic mass is 9.92. The van der Waals surface area contributed by atoms with E-state index < -0.39 is 0 Å². The summed E-state index contributed by atoms with van der Waals surface area (Å²) in [6.07, 6.45) is 0.310. The molecule has 1 aromatic rings. The normalized spacial score (nSPS) is 21.7. The van der Waals surface area contributed by atoms with Gasteiger partial charge in [0.05, 0.1) is 12.0 Å². The van der Waals surface area contributed by atoms with E-state index in [1.165, 1.54) is 5.56 Å². The van der Waals surface area contributed by atoms with Crippen molar-refractivity contribution in [3.63, 3.8) is 0 Å². The van der Waals surface area contributed by atoms with E-state index >= 15 is 0 Å². The summed E-state index contributed by atoms with van der Waals surface area (Å²) in [6.45, 7) is 7.35. The van der Waals surface area contributed by atoms with Crippen molar-refractivity contribution in [2.75, 3.05) is 20.1 Å². The van der Waals surface area contributed by atoms with Crippen LogP contribution in [0.5, 0.6) is 0 Å². The fourth-order valence-electron chi connectivity index (χ4n) is 3.08. The van der Waals surface area contributed by atoms with E-state index in [9.17, 15) is 9.59 Å². The highest BCUT2D eigenvalue weighted by Crippen LogP contribution is 2.38. The standard InChI is InChI=1S/C17H24N2O2/c1-5-19(6-2)17(21)14-11-15(20)18(4)16(14)13-9-7-12(3)8-10-13/h7-10,14,16H,5-6,11H2,1-4H3/t14-,16-/m1/s1. The zero-order valence-electron chi connectivity index (χ0n) is 13.3. The van der Waals surface area contributed by atoms with E-state index in [-0.39, 0.29) is 23.8 Å². The van der Waals surface area contributed by atoms with E-state index in [0.717, 1.165) is 5.56 Å². The van der Waals surface area contributed by atoms with Crippen LogP contribution in [0.15, 0.2) is 24.3 Å². The van der Waals surface area contributed by atoms with Gasteiger partial charge >= 0.3 is 0 Å². The Labute approximate surface area is 126 Å². The number of aryl methyl sites for hydroxylation is 1. The van der Waals surface area contributed by atoms with Crippen LogP contribution in [0.25, 0.3) is 0 Å². The first-order chi connectivity index (χ1) is 9.99. The number of hydrogen-bond donors (Lipinski definition) is 0. The molecule has 2 rings (SSSR count). The van der Waals surface area contributed by atoms with Gasteiger partial charge in [0.15, 0.2) is 0 Å². The van der Waals surface area contributed by atoms with Crippen molar-refractivity contribution in [2.45, 2.75) is 33.2 Å². The highest BCUT2D eigenvalue weighted by atomic mass is 16.2. The number of nitrogens with zero attached hydrogens (tertiary/aromatic N) is 2. The summed E-state index contributed by atoms with van der Waals surface area (Å²) in [5.41, 5.74) is 2.22. The lowest BCUT2D eigenvalue weighted by molar-refractivity contribution is -0.136. The van der Waals surface area contributed by atoms with Gasteiger partial charge in [-0.25, -0.2) is 0 Å². The Morgan fingerprint density at radius 1 is 1.24 bits per heavy atom. The van der Waals surface area contributed by atoms with Crippen LogP contribution in [0, 0.1) is 12.8 Å². The number of carbonyl (C=O) groups excluding carboxylic acids is 2. The Kier molecular flexibility index (Phi) is 4.66. The minimum Gasteiger partial charge on any atom is -0.343 e. The summed E-state index contributed by atoms with van der Waals surface area (Å²) < 4.78 is 0. The fourth-order valence-corrected chi connectivity index (χ4v) is 3.08. The van der Waals surface area contributed by atoms with Gasteiger partial charge in [-0.3, -0.25) is 9.59 Å². The van der Waals surface area contributed by atoms with E-state index in [4.69, 9.17) is 0 Å². The Morgan fingerprint density at radius 3 is 2.33 bits per heavy atom. The lowest BCUT2D eigenvalue weighted by Gasteiger charge is -2.28. The third-order valence-corrected chi connectivity index (χ3v) is 4.40. The summed E-state index contributed by atoms with van der Waals surface area (Å²) in [5, 5.41) is 0. The van der Waals surface area contributed by atoms with Gasteiger partial charge in [0.1, 0.15) is 0 Å². The first-order valence-corrected chi connectivity index (χ1v) is 7.60. The summed E-state index contributed by atoms with van der Waals surface area (Å²) in [6, 6.07) is 7.97. The molecule has 1 aromatic carbocycles. The van der Waals surface area contributed by atoms with Crippen molar-refractivity contribution >= 4 is 11.8 Å². The van der Waals surface area contributed by atoms with Crippen LogP contribution >= 0.6 is 0 Å². The lowest BCUT2D eigenvalue weighted by Crippen LogP contribution is -2.38. The molecule has 0 aromatic heterocycles. The molecule has 0 spiro atoms. The molecule has 0 saturated carbocycles. The van der Waals surface area contributed by atoms with Gasteiger partial charge in [0, 0.05) is 26.6 Å². The van der Waals surface area contributed by atoms with E-state index in [1.807, 2.05) is 49.9 Å². The van der Waals surface area contributed by atoms with Gasteiger partial charge in [-0.2, -0.15) is 0 Å². The monoisotopic (exact) mass is 288 g/mol. The minimum absolute atomic E-state index is 0.0473. The molecule has 1 heterocycles. The smallest absolute Gasteiger partial charge is 0.228 e. The van der Waals surface area contributed by atoms with Crippen LogP contribution in [0.1, 0.15) is 37.4 Å². The SMILES string of the molecule is CCN(CC)C(=O)[C@@H]1CC(=O)N(C)[C@@H]1c1ccc(C)cc1. The number of rotatable bonds is 4. The van der Waals surface area contributed by atoms with Gasteiger partial charge in [-0.1, -0.05) is 29.8 Å². The highest BCUT2D eigenvalue weighted by molar-refractivity contribution is 5.90. The molecule has 4 nitrogen and oxygen atoms in total. The van der Waals surface area contributed by atoms with Gasteiger partial charge in [0.25, 0.3) is 0 Å². The topological polar surface area (TPSA) is 40.6 Å². The Balaban J connectivity index is 2.33. The molecular weight excluding hydrogens is 264 g/mol. The van der Waals surface area contributed by atoms with Crippen LogP contribution < -0.4 is 0 Å². The van der Waals surface area contributed by atoms with Crippen molar-refractivity contribution in [3.8, 4) is 0 Å². The van der Waals surface area contributed by atoms with E-state index in [0.29, 0.717) is 19.5 Å². The second-order valence-electron chi connectivity index (χ2n) is 5.68. The zero-order chi connectivity index (χ0) is 15.6. The second kappa shape index (κ2) is 6.29. The van der Waals surface area contributed by atoms with Crippen molar-refractivity contribution in [2.24, 2.45) is 5.92 Å². The van der Waals surface area contributed by atoms with Crippen LogP contribution in [-0.4, -0.2) is 41.8 Å². The second-order valence-corrected chi connectivity index (χ2v) is 5.68. The molecule has 0 unspecified atom stereocenters. The Hall–Kier alpha value is -1.84. The third kappa shape index (κ3) is 2.94. The molecule has 21 heavy (non-hydrogen) atoms. The maximum atomic E-state index is 12.7. The molecule has 1 aliphatic heterocycles. The molecule has 2 amide bonds. The van der Waals surface area contributed by atoms with Crippen molar-refractivity contribution < 1.29 is 9.59 Å². The maximum absolute atomic E-state index is 12.7. The predicted octanol–water partition coefficient (Wildman–Crippen LogP) is 2.38. The first-order valence-electron chi connectivity index (χ1n) is 7.60. The molecule has 4 heteroatoms. The van der Waals surface area contributed by atoms with Crippen LogP contribution in [0.3, 0.4) is 0 Å². The number of likely N-dealkylation sites (tertiary alicyclic amines) is 1. The van der Waals surface area contributed by atoms with Crippen molar-refractivity contribution in [3.05, 3.63) is 35.4 Å². The molecule has 0 aliphatic carbocycles. The average Bonchev–Trinajstić information content (AvgIpc) is 2.77. The van der Waals surface area contributed by atoms with E-state index in [2.05, 4.69) is 0 Å². The quantitative estimate of drug-likeness (QED) is 0.853. The minimum atomic E-state index is -0.273. The molecule has 0 bridgehead atoms. The zero-order valence-corrected chi connectivity index (χ0v) is 13.3. The van der Waals surface area contributed by atoms with Gasteiger partial charge in [0.2, 0.25) is 11.8 Å². The average molecular weight is 288 g/mol. The fraction of sp³-hybridized carbons (Fsp3) is 0.529. The van der Waals surface area contributed by atoms with E-state index in [1.54, 1.807) is 11.9 Å². The molecule has 1 fully saturated rings. The summed E-state index contributed by atoms with van der Waals surface area (Å²) in [7, 11) is 1.79. The third-order valence-electron chi connectivity index (χ3n) is 4.40. The largest absolute Gasteiger partial charge is 0.343 e. The van der Waals surface area contributed by atoms with Crippen molar-refractivity contribution in [1.82, 2.24) is 9.80 Å². The van der Waals surface area contributed by atoms with Gasteiger partial charge in [-0.05, 0) is 26.3 Å². The number of benzene rings is 1. The molecule has 1 aliphatic rings. The highest BCUT2D eigenvalue weighted by Gasteiger charge is 2.43. The van der Waals surface area contributed by atoms with Gasteiger partial charge in [-0.15, -0.1) is 0 Å². The maximum Gasteiger partial charge on any atom is 0.228 e. The molecular formula is C17H24N2O2. The van der Waals surface area contributed by atoms with Crippen LogP contribution in [0.4, 0.5) is 0 Å². The molecule has 0 N–H and O–H groups in total. The van der Waals surface area contributed by atoms with Crippen LogP contribution in [-0.2, 0) is 9.59 Å². The van der Waals surface area contributed by atoms with Crippen molar-refractivity contribution in [1.29, 1.82) is 0 Å². The first kappa shape index (κ1) is 15.5.